The van der Waals surface area contributed by atoms with Crippen LogP contribution in [-0.4, -0.2) is 41.4 Å². The van der Waals surface area contributed by atoms with Gasteiger partial charge in [-0.15, -0.1) is 0 Å². The lowest BCUT2D eigenvalue weighted by atomic mass is 10.2. The summed E-state index contributed by atoms with van der Waals surface area (Å²) in [5.74, 6) is -0.0862. The van der Waals surface area contributed by atoms with Crippen LogP contribution in [0.1, 0.15) is 20.3 Å². The molecule has 12 heavy (non-hydrogen) atoms. The highest BCUT2D eigenvalue weighted by molar-refractivity contribution is 5.96. The molecule has 0 N–H and O–H groups in total. The molecule has 1 rings (SSSR count). The summed E-state index contributed by atoms with van der Waals surface area (Å²) >= 11 is 0. The summed E-state index contributed by atoms with van der Waals surface area (Å²) in [4.78, 5) is 25.3. The zero-order chi connectivity index (χ0) is 9.30. The SMILES string of the molecule is CC(C)N1CCC(=O)N(C)C1=O. The van der Waals surface area contributed by atoms with Gasteiger partial charge in [0.25, 0.3) is 0 Å². The van der Waals surface area contributed by atoms with Crippen molar-refractivity contribution >= 4 is 11.9 Å². The number of nitrogens with zero attached hydrogens (tertiary/aromatic N) is 2. The van der Waals surface area contributed by atoms with E-state index in [9.17, 15) is 9.59 Å². The van der Waals surface area contributed by atoms with Crippen molar-refractivity contribution in [2.45, 2.75) is 26.3 Å². The van der Waals surface area contributed by atoms with Gasteiger partial charge < -0.3 is 4.90 Å². The van der Waals surface area contributed by atoms with E-state index in [4.69, 9.17) is 0 Å². The van der Waals surface area contributed by atoms with E-state index in [1.165, 1.54) is 11.9 Å². The number of hydrogen-bond donors (Lipinski definition) is 0. The standard InChI is InChI=1S/C8H14N2O2/c1-6(2)10-5-4-7(11)9(3)8(10)12/h6H,4-5H2,1-3H3. The number of amides is 3. The molecule has 1 aliphatic heterocycles. The maximum Gasteiger partial charge on any atom is 0.326 e. The zero-order valence-electron chi connectivity index (χ0n) is 7.70. The fourth-order valence-corrected chi connectivity index (χ4v) is 1.26. The Labute approximate surface area is 72.1 Å². The second kappa shape index (κ2) is 3.13. The van der Waals surface area contributed by atoms with Gasteiger partial charge in [-0.05, 0) is 13.8 Å². The van der Waals surface area contributed by atoms with Crippen LogP contribution in [0, 0.1) is 0 Å². The summed E-state index contributed by atoms with van der Waals surface area (Å²) in [5.41, 5.74) is 0. The van der Waals surface area contributed by atoms with E-state index in [0.29, 0.717) is 13.0 Å². The summed E-state index contributed by atoms with van der Waals surface area (Å²) in [5, 5.41) is 0. The van der Waals surface area contributed by atoms with Gasteiger partial charge in [0, 0.05) is 26.1 Å². The van der Waals surface area contributed by atoms with E-state index in [-0.39, 0.29) is 18.0 Å². The van der Waals surface area contributed by atoms with Crippen LogP contribution in [0.5, 0.6) is 0 Å². The van der Waals surface area contributed by atoms with Crippen molar-refractivity contribution in [2.75, 3.05) is 13.6 Å². The van der Waals surface area contributed by atoms with Crippen molar-refractivity contribution in [1.82, 2.24) is 9.80 Å². The lowest BCUT2D eigenvalue weighted by molar-refractivity contribution is -0.130. The first kappa shape index (κ1) is 9.03. The minimum absolute atomic E-state index is 0.0862. The molecule has 0 aromatic carbocycles. The predicted molar refractivity (Wildman–Crippen MR) is 44.6 cm³/mol. The van der Waals surface area contributed by atoms with Crippen molar-refractivity contribution in [3.63, 3.8) is 0 Å². The molecule has 1 aliphatic rings. The summed E-state index contributed by atoms with van der Waals surface area (Å²) in [7, 11) is 1.53. The molecule has 0 radical (unpaired) electrons. The highest BCUT2D eigenvalue weighted by atomic mass is 16.2. The quantitative estimate of drug-likeness (QED) is 0.580. The molecule has 1 fully saturated rings. The van der Waals surface area contributed by atoms with Crippen LogP contribution >= 0.6 is 0 Å². The van der Waals surface area contributed by atoms with Crippen molar-refractivity contribution < 1.29 is 9.59 Å². The van der Waals surface area contributed by atoms with Gasteiger partial charge in [-0.2, -0.15) is 0 Å². The molecule has 0 bridgehead atoms. The van der Waals surface area contributed by atoms with Gasteiger partial charge in [0.15, 0.2) is 0 Å². The first-order valence-corrected chi connectivity index (χ1v) is 4.11. The largest absolute Gasteiger partial charge is 0.326 e. The third-order valence-electron chi connectivity index (χ3n) is 2.10. The van der Waals surface area contributed by atoms with E-state index >= 15 is 0 Å². The molecule has 0 spiro atoms. The molecule has 0 aromatic rings. The molecule has 1 saturated heterocycles. The molecule has 0 aliphatic carbocycles. The van der Waals surface area contributed by atoms with Gasteiger partial charge in [-0.1, -0.05) is 0 Å². The Balaban J connectivity index is 2.72. The average molecular weight is 170 g/mol. The van der Waals surface area contributed by atoms with Crippen LogP contribution in [0.3, 0.4) is 0 Å². The molecule has 0 unspecified atom stereocenters. The zero-order valence-corrected chi connectivity index (χ0v) is 7.70. The molecule has 4 heteroatoms. The van der Waals surface area contributed by atoms with Gasteiger partial charge in [-0.3, -0.25) is 9.69 Å². The molecule has 0 atom stereocenters. The first-order chi connectivity index (χ1) is 5.54. The topological polar surface area (TPSA) is 40.6 Å². The van der Waals surface area contributed by atoms with Gasteiger partial charge in [0.2, 0.25) is 5.91 Å². The van der Waals surface area contributed by atoms with Crippen LogP contribution in [0.4, 0.5) is 4.79 Å². The fourth-order valence-electron chi connectivity index (χ4n) is 1.26. The lowest BCUT2D eigenvalue weighted by Crippen LogP contribution is -2.52. The number of rotatable bonds is 1. The normalized spacial score (nSPS) is 19.3. The fraction of sp³-hybridized carbons (Fsp3) is 0.750. The molecular formula is C8H14N2O2. The van der Waals surface area contributed by atoms with Gasteiger partial charge >= 0.3 is 6.03 Å². The van der Waals surface area contributed by atoms with E-state index in [2.05, 4.69) is 0 Å². The Morgan fingerprint density at radius 2 is 1.92 bits per heavy atom. The summed E-state index contributed by atoms with van der Waals surface area (Å²) in [6.45, 7) is 4.45. The third kappa shape index (κ3) is 1.42. The number of urea groups is 1. The minimum Gasteiger partial charge on any atom is -0.321 e. The first-order valence-electron chi connectivity index (χ1n) is 4.11. The molecule has 0 saturated carbocycles. The van der Waals surface area contributed by atoms with Crippen LogP contribution < -0.4 is 0 Å². The molecule has 0 aromatic heterocycles. The van der Waals surface area contributed by atoms with Crippen LogP contribution in [-0.2, 0) is 4.79 Å². The maximum atomic E-state index is 11.4. The number of hydrogen-bond acceptors (Lipinski definition) is 2. The second-order valence-electron chi connectivity index (χ2n) is 3.27. The van der Waals surface area contributed by atoms with E-state index in [1.807, 2.05) is 13.8 Å². The van der Waals surface area contributed by atoms with Crippen molar-refractivity contribution in [2.24, 2.45) is 0 Å². The monoisotopic (exact) mass is 170 g/mol. The summed E-state index contributed by atoms with van der Waals surface area (Å²) in [6, 6.07) is -0.00528. The van der Waals surface area contributed by atoms with Crippen molar-refractivity contribution in [3.05, 3.63) is 0 Å². The Bertz CT molecular complexity index is 213. The Morgan fingerprint density at radius 3 is 2.42 bits per heavy atom. The third-order valence-corrected chi connectivity index (χ3v) is 2.10. The van der Waals surface area contributed by atoms with E-state index in [1.54, 1.807) is 4.90 Å². The minimum atomic E-state index is -0.179. The summed E-state index contributed by atoms with van der Waals surface area (Å²) < 4.78 is 0. The van der Waals surface area contributed by atoms with E-state index < -0.39 is 0 Å². The van der Waals surface area contributed by atoms with E-state index in [0.717, 1.165) is 0 Å². The Hall–Kier alpha value is -1.06. The van der Waals surface area contributed by atoms with Crippen LogP contribution in [0.15, 0.2) is 0 Å². The van der Waals surface area contributed by atoms with Crippen molar-refractivity contribution in [1.29, 1.82) is 0 Å². The highest BCUT2D eigenvalue weighted by Crippen LogP contribution is 2.11. The van der Waals surface area contributed by atoms with Gasteiger partial charge in [-0.25, -0.2) is 4.79 Å². The number of carbonyl (C=O) groups is 2. The average Bonchev–Trinajstić information content (AvgIpc) is 2.00. The molecular weight excluding hydrogens is 156 g/mol. The molecule has 1 heterocycles. The number of carbonyl (C=O) groups excluding carboxylic acids is 2. The molecule has 3 amide bonds. The van der Waals surface area contributed by atoms with Crippen LogP contribution in [0.2, 0.25) is 0 Å². The maximum absolute atomic E-state index is 11.4. The molecule has 4 nitrogen and oxygen atoms in total. The van der Waals surface area contributed by atoms with Crippen molar-refractivity contribution in [3.8, 4) is 0 Å². The van der Waals surface area contributed by atoms with Gasteiger partial charge in [0.1, 0.15) is 0 Å². The van der Waals surface area contributed by atoms with Crippen LogP contribution in [0.25, 0.3) is 0 Å². The molecule has 68 valence electrons. The predicted octanol–water partition coefficient (Wildman–Crippen LogP) is 0.679. The van der Waals surface area contributed by atoms with Gasteiger partial charge in [0.05, 0.1) is 0 Å². The summed E-state index contributed by atoms with van der Waals surface area (Å²) in [6.07, 6.45) is 0.445. The lowest BCUT2D eigenvalue weighted by Gasteiger charge is -2.34. The smallest absolute Gasteiger partial charge is 0.321 e. The number of imide groups is 1. The highest BCUT2D eigenvalue weighted by Gasteiger charge is 2.29. The Morgan fingerprint density at radius 1 is 1.33 bits per heavy atom. The Kier molecular flexibility index (Phi) is 2.35. The second-order valence-corrected chi connectivity index (χ2v) is 3.27.